The minimum atomic E-state index is -3.18. The highest BCUT2D eigenvalue weighted by atomic mass is 35.5. The van der Waals surface area contributed by atoms with Crippen LogP contribution in [0, 0.1) is 5.41 Å². The molecule has 122 valence electrons. The second-order valence-corrected chi connectivity index (χ2v) is 8.92. The highest BCUT2D eigenvalue weighted by Crippen LogP contribution is 2.57. The van der Waals surface area contributed by atoms with Gasteiger partial charge in [-0.2, -0.15) is 0 Å². The third-order valence-electron chi connectivity index (χ3n) is 4.61. The molecule has 0 radical (unpaired) electrons. The third kappa shape index (κ3) is 2.80. The van der Waals surface area contributed by atoms with Crippen LogP contribution >= 0.6 is 11.6 Å². The summed E-state index contributed by atoms with van der Waals surface area (Å²) < 4.78 is 23.3. The monoisotopic (exact) mass is 357 g/mol. The van der Waals surface area contributed by atoms with Gasteiger partial charge in [0.25, 0.3) is 0 Å². The first kappa shape index (κ1) is 15.6. The fourth-order valence-electron chi connectivity index (χ4n) is 3.10. The van der Waals surface area contributed by atoms with Crippen molar-refractivity contribution in [2.75, 3.05) is 6.26 Å². The van der Waals surface area contributed by atoms with Gasteiger partial charge in [0.1, 0.15) is 5.15 Å². The Kier molecular flexibility index (Phi) is 3.44. The molecule has 0 saturated heterocycles. The van der Waals surface area contributed by atoms with Gasteiger partial charge in [0.2, 0.25) is 0 Å². The maximum absolute atomic E-state index is 11.6. The summed E-state index contributed by atoms with van der Waals surface area (Å²) in [5.74, 6) is 0. The van der Waals surface area contributed by atoms with Gasteiger partial charge < -0.3 is 0 Å². The van der Waals surface area contributed by atoms with Gasteiger partial charge in [-0.05, 0) is 53.8 Å². The maximum atomic E-state index is 11.6. The fraction of sp³-hybridized carbons (Fsp3) is 0.211. The van der Waals surface area contributed by atoms with E-state index in [1.807, 2.05) is 18.2 Å². The van der Waals surface area contributed by atoms with Crippen molar-refractivity contribution in [2.45, 2.75) is 17.7 Å². The molecule has 1 aromatic heterocycles. The predicted octanol–water partition coefficient (Wildman–Crippen LogP) is 4.40. The summed E-state index contributed by atoms with van der Waals surface area (Å²) in [6.07, 6.45) is 9.92. The average molecular weight is 358 g/mol. The van der Waals surface area contributed by atoms with Crippen molar-refractivity contribution in [3.05, 3.63) is 71.0 Å². The molecule has 2 aromatic rings. The average Bonchev–Trinajstić information content (AvgIpc) is 3.19. The Morgan fingerprint density at radius 3 is 2.04 bits per heavy atom. The van der Waals surface area contributed by atoms with E-state index in [1.165, 1.54) is 6.26 Å². The number of hydrogen-bond donors (Lipinski definition) is 0. The quantitative estimate of drug-likeness (QED) is 0.765. The molecule has 24 heavy (non-hydrogen) atoms. The van der Waals surface area contributed by atoms with Crippen molar-refractivity contribution >= 4 is 32.6 Å². The second kappa shape index (κ2) is 5.30. The molecule has 1 aromatic carbocycles. The summed E-state index contributed by atoms with van der Waals surface area (Å²) in [5.41, 5.74) is 4.49. The summed E-state index contributed by atoms with van der Waals surface area (Å²) in [7, 11) is -3.18. The standard InChI is InChI=1S/C19H16ClNO2S/c1-24(22,23)15-5-2-13(3-6-15)16-10-19(8-9-19)11-17(16)14-4-7-18(20)21-12-14/h2-7,10-12H,8-9H2,1H3. The molecule has 5 heteroatoms. The molecule has 0 atom stereocenters. The number of hydrogen-bond acceptors (Lipinski definition) is 3. The molecule has 3 nitrogen and oxygen atoms in total. The highest BCUT2D eigenvalue weighted by Gasteiger charge is 2.43. The highest BCUT2D eigenvalue weighted by molar-refractivity contribution is 7.90. The summed E-state index contributed by atoms with van der Waals surface area (Å²) >= 11 is 5.90. The van der Waals surface area contributed by atoms with Gasteiger partial charge in [0.05, 0.1) is 4.90 Å². The molecule has 0 amide bonds. The van der Waals surface area contributed by atoms with Crippen LogP contribution in [0.4, 0.5) is 0 Å². The fourth-order valence-corrected chi connectivity index (χ4v) is 3.84. The van der Waals surface area contributed by atoms with Crippen LogP contribution < -0.4 is 0 Å². The van der Waals surface area contributed by atoms with Crippen molar-refractivity contribution in [1.29, 1.82) is 0 Å². The van der Waals surface area contributed by atoms with Gasteiger partial charge in [0, 0.05) is 23.4 Å². The van der Waals surface area contributed by atoms with E-state index in [9.17, 15) is 8.42 Å². The number of sulfone groups is 1. The largest absolute Gasteiger partial charge is 0.244 e. The first-order valence-electron chi connectivity index (χ1n) is 7.75. The lowest BCUT2D eigenvalue weighted by atomic mass is 9.96. The zero-order valence-electron chi connectivity index (χ0n) is 13.2. The van der Waals surface area contributed by atoms with E-state index < -0.39 is 9.84 Å². The summed E-state index contributed by atoms with van der Waals surface area (Å²) in [6, 6.07) is 10.9. The summed E-state index contributed by atoms with van der Waals surface area (Å²) in [5, 5.41) is 0.474. The topological polar surface area (TPSA) is 47.0 Å². The number of rotatable bonds is 3. The molecule has 2 aliphatic carbocycles. The SMILES string of the molecule is CS(=O)(=O)c1ccc(C2=CC3(C=C2c2ccc(Cl)nc2)CC3)cc1. The van der Waals surface area contributed by atoms with Crippen molar-refractivity contribution in [2.24, 2.45) is 5.41 Å². The van der Waals surface area contributed by atoms with E-state index in [0.29, 0.717) is 10.0 Å². The molecule has 1 spiro atoms. The lowest BCUT2D eigenvalue weighted by Crippen LogP contribution is -1.97. The van der Waals surface area contributed by atoms with Crippen molar-refractivity contribution in [3.8, 4) is 0 Å². The van der Waals surface area contributed by atoms with E-state index in [0.717, 1.165) is 35.1 Å². The molecule has 1 fully saturated rings. The Balaban J connectivity index is 1.76. The predicted molar refractivity (Wildman–Crippen MR) is 96.4 cm³/mol. The van der Waals surface area contributed by atoms with Crippen LogP contribution in [0.25, 0.3) is 11.1 Å². The van der Waals surface area contributed by atoms with Crippen LogP contribution in [-0.2, 0) is 9.84 Å². The van der Waals surface area contributed by atoms with Gasteiger partial charge in [-0.3, -0.25) is 0 Å². The van der Waals surface area contributed by atoms with Gasteiger partial charge in [-0.25, -0.2) is 13.4 Å². The van der Waals surface area contributed by atoms with Crippen LogP contribution in [-0.4, -0.2) is 19.7 Å². The molecule has 0 aliphatic heterocycles. The first-order chi connectivity index (χ1) is 11.4. The van der Waals surface area contributed by atoms with Crippen LogP contribution in [0.2, 0.25) is 5.15 Å². The smallest absolute Gasteiger partial charge is 0.175 e. The third-order valence-corrected chi connectivity index (χ3v) is 5.97. The molecule has 4 rings (SSSR count). The maximum Gasteiger partial charge on any atom is 0.175 e. The lowest BCUT2D eigenvalue weighted by Gasteiger charge is -2.10. The minimum Gasteiger partial charge on any atom is -0.244 e. The molecular weight excluding hydrogens is 342 g/mol. The molecule has 1 saturated carbocycles. The Hall–Kier alpha value is -1.91. The van der Waals surface area contributed by atoms with Gasteiger partial charge in [-0.15, -0.1) is 0 Å². The van der Waals surface area contributed by atoms with Crippen LogP contribution in [0.5, 0.6) is 0 Å². The number of nitrogens with zero attached hydrogens (tertiary/aromatic N) is 1. The van der Waals surface area contributed by atoms with Gasteiger partial charge in [-0.1, -0.05) is 35.9 Å². The molecule has 2 aliphatic rings. The molecule has 0 bridgehead atoms. The zero-order valence-corrected chi connectivity index (χ0v) is 14.7. The number of aromatic nitrogens is 1. The second-order valence-electron chi connectivity index (χ2n) is 6.52. The molecular formula is C19H16ClNO2S. The summed E-state index contributed by atoms with van der Waals surface area (Å²) in [4.78, 5) is 4.52. The Bertz CT molecular complexity index is 967. The van der Waals surface area contributed by atoms with Gasteiger partial charge in [0.15, 0.2) is 9.84 Å². The Morgan fingerprint density at radius 1 is 0.958 bits per heavy atom. The number of halogens is 1. The molecule has 0 unspecified atom stereocenters. The lowest BCUT2D eigenvalue weighted by molar-refractivity contribution is 0.602. The summed E-state index contributed by atoms with van der Waals surface area (Å²) in [6.45, 7) is 0. The normalized spacial score (nSPS) is 18.4. The van der Waals surface area contributed by atoms with E-state index in [2.05, 4.69) is 17.1 Å². The number of allylic oxidation sites excluding steroid dienone is 4. The van der Waals surface area contributed by atoms with Crippen LogP contribution in [0.1, 0.15) is 24.0 Å². The van der Waals surface area contributed by atoms with E-state index in [1.54, 1.807) is 24.4 Å². The molecule has 0 N–H and O–H groups in total. The van der Waals surface area contributed by atoms with Crippen molar-refractivity contribution in [1.82, 2.24) is 4.98 Å². The molecule has 1 heterocycles. The van der Waals surface area contributed by atoms with Crippen molar-refractivity contribution < 1.29 is 8.42 Å². The van der Waals surface area contributed by atoms with E-state index in [-0.39, 0.29) is 5.41 Å². The minimum absolute atomic E-state index is 0.166. The van der Waals surface area contributed by atoms with Gasteiger partial charge >= 0.3 is 0 Å². The number of pyridine rings is 1. The van der Waals surface area contributed by atoms with E-state index in [4.69, 9.17) is 11.6 Å². The number of benzene rings is 1. The zero-order chi connectivity index (χ0) is 16.9. The van der Waals surface area contributed by atoms with Crippen molar-refractivity contribution in [3.63, 3.8) is 0 Å². The van der Waals surface area contributed by atoms with Crippen LogP contribution in [0.3, 0.4) is 0 Å². The van der Waals surface area contributed by atoms with Crippen LogP contribution in [0.15, 0.2) is 59.6 Å². The van der Waals surface area contributed by atoms with E-state index >= 15 is 0 Å². The first-order valence-corrected chi connectivity index (χ1v) is 10.0. The Labute approximate surface area is 146 Å². The Morgan fingerprint density at radius 2 is 1.54 bits per heavy atom.